The van der Waals surface area contributed by atoms with Crippen molar-refractivity contribution in [1.29, 1.82) is 0 Å². The van der Waals surface area contributed by atoms with Crippen LogP contribution >= 0.6 is 10.0 Å². The summed E-state index contributed by atoms with van der Waals surface area (Å²) in [6, 6.07) is 65.9. The highest BCUT2D eigenvalue weighted by Gasteiger charge is 2.51. The summed E-state index contributed by atoms with van der Waals surface area (Å²) in [6.45, 7) is 0. The minimum absolute atomic E-state index is 0.716. The molecule has 270 valence electrons. The monoisotopic (exact) mass is 741 g/mol. The Balaban J connectivity index is 1.30. The molecule has 3 nitrogen and oxygen atoms in total. The molecule has 3 heterocycles. The summed E-state index contributed by atoms with van der Waals surface area (Å²) in [5, 5.41) is 2.27. The van der Waals surface area contributed by atoms with Crippen LogP contribution in [-0.4, -0.2) is 18.8 Å². The minimum atomic E-state index is -1.07. The van der Waals surface area contributed by atoms with E-state index < -0.39 is 15.4 Å². The highest BCUT2D eigenvalue weighted by molar-refractivity contribution is 8.32. The van der Waals surface area contributed by atoms with E-state index in [1.807, 2.05) is 0 Å². The Bertz CT molecular complexity index is 2860. The van der Waals surface area contributed by atoms with E-state index in [1.165, 1.54) is 27.1 Å². The van der Waals surface area contributed by atoms with E-state index in [1.54, 1.807) is 0 Å². The quantitative estimate of drug-likeness (QED) is 0.180. The van der Waals surface area contributed by atoms with Crippen molar-refractivity contribution >= 4 is 49.0 Å². The van der Waals surface area contributed by atoms with E-state index in [0.29, 0.717) is 0 Å². The largest absolute Gasteiger partial charge is 0.457 e. The third-order valence-corrected chi connectivity index (χ3v) is 13.3. The summed E-state index contributed by atoms with van der Waals surface area (Å²) in [6.07, 6.45) is 7.01. The Labute approximate surface area is 328 Å². The molecule has 0 fully saturated rings. The zero-order chi connectivity index (χ0) is 37.6. The first-order valence-corrected chi connectivity index (χ1v) is 22.0. The Morgan fingerprint density at radius 2 is 0.911 bits per heavy atom. The van der Waals surface area contributed by atoms with Crippen molar-refractivity contribution in [2.45, 2.75) is 10.3 Å². The average molecular weight is 742 g/mol. The summed E-state index contributed by atoms with van der Waals surface area (Å²) in [5.74, 6) is 1.73. The second-order valence-electron chi connectivity index (χ2n) is 15.6. The van der Waals surface area contributed by atoms with Gasteiger partial charge in [-0.25, -0.2) is 10.0 Å². The molecule has 2 aliphatic rings. The van der Waals surface area contributed by atoms with Gasteiger partial charge in [-0.3, -0.25) is 0 Å². The van der Waals surface area contributed by atoms with Crippen molar-refractivity contribution in [1.82, 2.24) is 0 Å². The molecule has 4 heteroatoms. The summed E-state index contributed by atoms with van der Waals surface area (Å²) in [5.41, 5.74) is 13.7. The van der Waals surface area contributed by atoms with Gasteiger partial charge in [0.2, 0.25) is 0 Å². The predicted octanol–water partition coefficient (Wildman–Crippen LogP) is 14.2. The lowest BCUT2D eigenvalue weighted by Crippen LogP contribution is -2.39. The van der Waals surface area contributed by atoms with Crippen LogP contribution in [-0.2, 0) is 5.41 Å². The van der Waals surface area contributed by atoms with Gasteiger partial charge in [0.15, 0.2) is 5.58 Å². The Morgan fingerprint density at radius 1 is 0.411 bits per heavy atom. The fourth-order valence-electron chi connectivity index (χ4n) is 9.23. The number of para-hydroxylation sites is 4. The van der Waals surface area contributed by atoms with Crippen LogP contribution in [0.3, 0.4) is 0 Å². The third-order valence-electron chi connectivity index (χ3n) is 11.7. The SMILES string of the molecule is CS(C)(C)c1cccc2c1oc1c(N3c4ccc(-c5ccccc5)cc4C4(c5ccccc5Oc5ccccc54)c4cc(-c5ccccc5)ccc43)cccc12. The van der Waals surface area contributed by atoms with E-state index >= 15 is 0 Å². The first-order chi connectivity index (χ1) is 27.4. The summed E-state index contributed by atoms with van der Waals surface area (Å²) < 4.78 is 13.9. The highest BCUT2D eigenvalue weighted by atomic mass is 32.3. The lowest BCUT2D eigenvalue weighted by atomic mass is 9.60. The number of fused-ring (bicyclic) bond motifs is 11. The van der Waals surface area contributed by atoms with Crippen LogP contribution in [0, 0.1) is 0 Å². The number of furan rings is 1. The molecule has 0 atom stereocenters. The first kappa shape index (κ1) is 32.9. The second kappa shape index (κ2) is 12.3. The van der Waals surface area contributed by atoms with Crippen LogP contribution in [0.25, 0.3) is 44.2 Å². The lowest BCUT2D eigenvalue weighted by Gasteiger charge is -2.49. The van der Waals surface area contributed by atoms with Gasteiger partial charge in [-0.1, -0.05) is 133 Å². The van der Waals surface area contributed by atoms with E-state index in [4.69, 9.17) is 9.15 Å². The first-order valence-electron chi connectivity index (χ1n) is 19.1. The summed E-state index contributed by atoms with van der Waals surface area (Å²) >= 11 is 0. The molecule has 0 radical (unpaired) electrons. The lowest BCUT2D eigenvalue weighted by molar-refractivity contribution is 0.434. The minimum Gasteiger partial charge on any atom is -0.457 e. The third kappa shape index (κ3) is 4.72. The zero-order valence-electron chi connectivity index (χ0n) is 31.5. The summed E-state index contributed by atoms with van der Waals surface area (Å²) in [7, 11) is -1.07. The standard InChI is InChI=1S/C52H39NO2S/c1-56(2,3)49-27-15-21-39-38-20-14-24-46(50(38)55-51(39)49)53-44-30-28-36(34-16-6-4-7-17-34)32-42(44)52(43-33-37(29-31-45(43)53)35-18-8-5-9-19-35)40-22-10-12-25-47(40)54-48-26-13-11-23-41(48)52/h4-33H,1-3H3. The molecule has 0 amide bonds. The number of rotatable bonds is 4. The van der Waals surface area contributed by atoms with Crippen molar-refractivity contribution in [3.8, 4) is 33.8 Å². The Morgan fingerprint density at radius 3 is 1.46 bits per heavy atom. The van der Waals surface area contributed by atoms with Gasteiger partial charge < -0.3 is 14.1 Å². The van der Waals surface area contributed by atoms with Crippen molar-refractivity contribution in [2.75, 3.05) is 23.7 Å². The molecule has 1 aromatic heterocycles. The number of benzene rings is 8. The van der Waals surface area contributed by atoms with Gasteiger partial charge in [-0.05, 0) is 101 Å². The molecule has 1 spiro atoms. The van der Waals surface area contributed by atoms with Gasteiger partial charge in [0.1, 0.15) is 17.1 Å². The van der Waals surface area contributed by atoms with Crippen LogP contribution in [0.4, 0.5) is 17.1 Å². The van der Waals surface area contributed by atoms with Crippen LogP contribution in [0.5, 0.6) is 11.5 Å². The van der Waals surface area contributed by atoms with E-state index in [-0.39, 0.29) is 0 Å². The second-order valence-corrected chi connectivity index (χ2v) is 19.7. The average Bonchev–Trinajstić information content (AvgIpc) is 3.63. The van der Waals surface area contributed by atoms with Gasteiger partial charge in [-0.15, -0.1) is 0 Å². The molecule has 0 N–H and O–H groups in total. The zero-order valence-corrected chi connectivity index (χ0v) is 32.3. The smallest absolute Gasteiger partial charge is 0.159 e. The van der Waals surface area contributed by atoms with Gasteiger partial charge in [0.25, 0.3) is 0 Å². The van der Waals surface area contributed by atoms with E-state index in [0.717, 1.165) is 72.8 Å². The van der Waals surface area contributed by atoms with Crippen LogP contribution < -0.4 is 9.64 Å². The number of hydrogen-bond acceptors (Lipinski definition) is 3. The fraction of sp³-hybridized carbons (Fsp3) is 0.0769. The molecule has 56 heavy (non-hydrogen) atoms. The maximum Gasteiger partial charge on any atom is 0.159 e. The van der Waals surface area contributed by atoms with Crippen molar-refractivity contribution in [3.05, 3.63) is 204 Å². The molecule has 0 bridgehead atoms. The van der Waals surface area contributed by atoms with Gasteiger partial charge in [0.05, 0.1) is 22.5 Å². The Hall–Kier alpha value is -6.49. The Kier molecular flexibility index (Phi) is 7.20. The maximum atomic E-state index is 7.12. The number of anilines is 3. The molecule has 0 saturated heterocycles. The number of nitrogens with zero attached hydrogens (tertiary/aromatic N) is 1. The van der Waals surface area contributed by atoms with Crippen molar-refractivity contribution in [2.24, 2.45) is 0 Å². The highest BCUT2D eigenvalue weighted by Crippen LogP contribution is 2.64. The van der Waals surface area contributed by atoms with Crippen LogP contribution in [0.2, 0.25) is 0 Å². The molecule has 0 saturated carbocycles. The number of ether oxygens (including phenoxy) is 1. The topological polar surface area (TPSA) is 25.6 Å². The normalized spacial score (nSPS) is 14.2. The molecule has 9 aromatic rings. The molecular formula is C52H39NO2S. The van der Waals surface area contributed by atoms with Crippen LogP contribution in [0.1, 0.15) is 22.3 Å². The van der Waals surface area contributed by atoms with E-state index in [9.17, 15) is 0 Å². The van der Waals surface area contributed by atoms with Gasteiger partial charge in [-0.2, -0.15) is 0 Å². The summed E-state index contributed by atoms with van der Waals surface area (Å²) in [4.78, 5) is 3.74. The van der Waals surface area contributed by atoms with Crippen LogP contribution in [0.15, 0.2) is 191 Å². The molecule has 2 aliphatic heterocycles. The fourth-order valence-corrected chi connectivity index (χ4v) is 10.4. The predicted molar refractivity (Wildman–Crippen MR) is 235 cm³/mol. The molecule has 8 aromatic carbocycles. The van der Waals surface area contributed by atoms with Crippen molar-refractivity contribution < 1.29 is 9.15 Å². The van der Waals surface area contributed by atoms with Gasteiger partial charge in [0, 0.05) is 26.8 Å². The molecule has 11 rings (SSSR count). The molecule has 0 aliphatic carbocycles. The maximum absolute atomic E-state index is 7.12. The number of hydrogen-bond donors (Lipinski definition) is 0. The molecule has 0 unspecified atom stereocenters. The van der Waals surface area contributed by atoms with Crippen molar-refractivity contribution in [3.63, 3.8) is 0 Å². The molecular weight excluding hydrogens is 703 g/mol. The van der Waals surface area contributed by atoms with Gasteiger partial charge >= 0.3 is 0 Å². The van der Waals surface area contributed by atoms with E-state index in [2.05, 4.69) is 206 Å².